The van der Waals surface area contributed by atoms with Crippen LogP contribution in [0.1, 0.15) is 32.1 Å². The van der Waals surface area contributed by atoms with E-state index in [1.54, 1.807) is 0 Å². The first-order valence-electron chi connectivity index (χ1n) is 5.74. The molecule has 1 saturated carbocycles. The number of aliphatic hydroxyl groups is 1. The molecule has 0 unspecified atom stereocenters. The average Bonchev–Trinajstić information content (AvgIpc) is 2.48. The molecule has 0 atom stereocenters. The van der Waals surface area contributed by atoms with Crippen molar-refractivity contribution in [1.82, 2.24) is 4.90 Å². The Hall–Kier alpha value is -0.610. The molecule has 4 heteroatoms. The number of rotatable bonds is 4. The summed E-state index contributed by atoms with van der Waals surface area (Å²) in [5, 5.41) is 18.7. The number of carboxylic acids is 1. The van der Waals surface area contributed by atoms with Crippen LogP contribution in [0.5, 0.6) is 0 Å². The molecule has 1 aliphatic heterocycles. The fourth-order valence-electron chi connectivity index (χ4n) is 2.79. The van der Waals surface area contributed by atoms with Gasteiger partial charge in [0.25, 0.3) is 0 Å². The Morgan fingerprint density at radius 3 is 2.47 bits per heavy atom. The highest BCUT2D eigenvalue weighted by Crippen LogP contribution is 2.32. The predicted molar refractivity (Wildman–Crippen MR) is 55.6 cm³/mol. The molecule has 1 aliphatic carbocycles. The summed E-state index contributed by atoms with van der Waals surface area (Å²) in [6.45, 7) is 2.42. The number of carboxylic acid groups (broad SMARTS) is 1. The third kappa shape index (κ3) is 2.69. The maximum Gasteiger partial charge on any atom is 0.303 e. The minimum atomic E-state index is -0.709. The molecule has 0 aromatic heterocycles. The monoisotopic (exact) mass is 213 g/mol. The van der Waals surface area contributed by atoms with E-state index in [1.807, 2.05) is 0 Å². The minimum Gasteiger partial charge on any atom is -0.481 e. The Morgan fingerprint density at radius 1 is 1.33 bits per heavy atom. The van der Waals surface area contributed by atoms with E-state index in [0.717, 1.165) is 45.3 Å². The van der Waals surface area contributed by atoms with Crippen molar-refractivity contribution in [3.63, 3.8) is 0 Å². The molecule has 0 aromatic rings. The molecule has 2 N–H and O–H groups in total. The fourth-order valence-corrected chi connectivity index (χ4v) is 2.79. The van der Waals surface area contributed by atoms with Crippen molar-refractivity contribution in [3.05, 3.63) is 0 Å². The first-order valence-corrected chi connectivity index (χ1v) is 5.74. The Balaban J connectivity index is 1.69. The highest BCUT2D eigenvalue weighted by molar-refractivity contribution is 5.67. The van der Waals surface area contributed by atoms with E-state index in [4.69, 9.17) is 5.11 Å². The molecule has 1 saturated heterocycles. The van der Waals surface area contributed by atoms with Crippen LogP contribution in [-0.4, -0.2) is 46.3 Å². The molecule has 4 nitrogen and oxygen atoms in total. The van der Waals surface area contributed by atoms with Gasteiger partial charge in [-0.25, -0.2) is 0 Å². The van der Waals surface area contributed by atoms with Crippen LogP contribution in [-0.2, 0) is 4.79 Å². The van der Waals surface area contributed by atoms with Gasteiger partial charge in [0.05, 0.1) is 12.0 Å². The van der Waals surface area contributed by atoms with Gasteiger partial charge in [0.2, 0.25) is 0 Å². The molecule has 0 spiro atoms. The zero-order valence-corrected chi connectivity index (χ0v) is 8.98. The van der Waals surface area contributed by atoms with Crippen LogP contribution in [0.2, 0.25) is 0 Å². The Bertz CT molecular complexity index is 242. The lowest BCUT2D eigenvalue weighted by Gasteiger charge is -2.42. The molecule has 0 bridgehead atoms. The molecule has 2 rings (SSSR count). The summed E-state index contributed by atoms with van der Waals surface area (Å²) in [6.07, 6.45) is 4.35. The number of β-amino-alcohol motifs (C(OH)–C–C–N with tert-alkyl or cyclic N) is 1. The largest absolute Gasteiger partial charge is 0.481 e. The van der Waals surface area contributed by atoms with Crippen molar-refractivity contribution in [2.75, 3.05) is 19.6 Å². The lowest BCUT2D eigenvalue weighted by Crippen LogP contribution is -2.53. The molecular formula is C11H19NO3. The maximum absolute atomic E-state index is 10.4. The van der Waals surface area contributed by atoms with Gasteiger partial charge in [0.15, 0.2) is 0 Å². The Labute approximate surface area is 89.9 Å². The molecular weight excluding hydrogens is 194 g/mol. The molecule has 2 fully saturated rings. The van der Waals surface area contributed by atoms with E-state index in [0.29, 0.717) is 5.92 Å². The van der Waals surface area contributed by atoms with E-state index >= 15 is 0 Å². The number of carbonyl (C=O) groups is 1. The highest BCUT2D eigenvalue weighted by Gasteiger charge is 2.37. The zero-order valence-electron chi connectivity index (χ0n) is 8.98. The first kappa shape index (κ1) is 10.9. The summed E-state index contributed by atoms with van der Waals surface area (Å²) in [7, 11) is 0. The van der Waals surface area contributed by atoms with Crippen LogP contribution in [0.4, 0.5) is 0 Å². The molecule has 2 aliphatic rings. The molecule has 0 amide bonds. The average molecular weight is 213 g/mol. The van der Waals surface area contributed by atoms with Gasteiger partial charge < -0.3 is 10.2 Å². The second-order valence-corrected chi connectivity index (χ2v) is 5.09. The van der Waals surface area contributed by atoms with Crippen molar-refractivity contribution >= 4 is 5.97 Å². The Morgan fingerprint density at radius 2 is 1.93 bits per heavy atom. The maximum atomic E-state index is 10.4. The van der Waals surface area contributed by atoms with Crippen molar-refractivity contribution in [2.24, 2.45) is 5.92 Å². The van der Waals surface area contributed by atoms with Crippen LogP contribution in [0.15, 0.2) is 0 Å². The smallest absolute Gasteiger partial charge is 0.303 e. The standard InChI is InChI=1S/C11H19NO3/c13-10(14)5-9-6-12(7-9)8-11(15)3-1-2-4-11/h9,15H,1-8H2,(H,13,14). The van der Waals surface area contributed by atoms with Gasteiger partial charge >= 0.3 is 5.97 Å². The van der Waals surface area contributed by atoms with Gasteiger partial charge in [-0.3, -0.25) is 9.69 Å². The van der Waals surface area contributed by atoms with Crippen molar-refractivity contribution < 1.29 is 15.0 Å². The van der Waals surface area contributed by atoms with E-state index in [1.165, 1.54) is 0 Å². The van der Waals surface area contributed by atoms with Crippen LogP contribution in [0.3, 0.4) is 0 Å². The van der Waals surface area contributed by atoms with Gasteiger partial charge in [-0.05, 0) is 18.8 Å². The van der Waals surface area contributed by atoms with Crippen LogP contribution < -0.4 is 0 Å². The first-order chi connectivity index (χ1) is 7.07. The molecule has 0 radical (unpaired) electrons. The van der Waals surface area contributed by atoms with Gasteiger partial charge in [-0.2, -0.15) is 0 Å². The zero-order chi connectivity index (χ0) is 10.9. The second kappa shape index (κ2) is 4.10. The second-order valence-electron chi connectivity index (χ2n) is 5.09. The van der Waals surface area contributed by atoms with Crippen LogP contribution >= 0.6 is 0 Å². The predicted octanol–water partition coefficient (Wildman–Crippen LogP) is 0.698. The quantitative estimate of drug-likeness (QED) is 0.721. The lowest BCUT2D eigenvalue weighted by atomic mass is 9.92. The summed E-state index contributed by atoms with van der Waals surface area (Å²) in [6, 6.07) is 0. The topological polar surface area (TPSA) is 60.8 Å². The number of aliphatic carboxylic acids is 1. The van der Waals surface area contributed by atoms with Crippen molar-refractivity contribution in [1.29, 1.82) is 0 Å². The van der Waals surface area contributed by atoms with E-state index in [2.05, 4.69) is 4.90 Å². The summed E-state index contributed by atoms with van der Waals surface area (Å²) < 4.78 is 0. The number of hydrogen-bond acceptors (Lipinski definition) is 3. The summed E-state index contributed by atoms with van der Waals surface area (Å²) >= 11 is 0. The third-order valence-corrected chi connectivity index (χ3v) is 3.55. The van der Waals surface area contributed by atoms with Crippen molar-refractivity contribution in [2.45, 2.75) is 37.7 Å². The number of likely N-dealkylation sites (tertiary alicyclic amines) is 1. The molecule has 0 aromatic carbocycles. The molecule has 1 heterocycles. The molecule has 15 heavy (non-hydrogen) atoms. The van der Waals surface area contributed by atoms with Gasteiger partial charge in [-0.1, -0.05) is 12.8 Å². The minimum absolute atomic E-state index is 0.273. The van der Waals surface area contributed by atoms with Gasteiger partial charge in [-0.15, -0.1) is 0 Å². The molecule has 86 valence electrons. The van der Waals surface area contributed by atoms with E-state index in [9.17, 15) is 9.90 Å². The summed E-state index contributed by atoms with van der Waals surface area (Å²) in [5.41, 5.74) is -0.478. The van der Waals surface area contributed by atoms with Gasteiger partial charge in [0.1, 0.15) is 0 Å². The number of hydrogen-bond donors (Lipinski definition) is 2. The van der Waals surface area contributed by atoms with E-state index in [-0.39, 0.29) is 6.42 Å². The SMILES string of the molecule is O=C(O)CC1CN(CC2(O)CCCC2)C1. The summed E-state index contributed by atoms with van der Waals surface area (Å²) in [5.74, 6) is -0.410. The van der Waals surface area contributed by atoms with E-state index < -0.39 is 11.6 Å². The summed E-state index contributed by atoms with van der Waals surface area (Å²) in [4.78, 5) is 12.6. The van der Waals surface area contributed by atoms with Crippen LogP contribution in [0, 0.1) is 5.92 Å². The Kier molecular flexibility index (Phi) is 2.98. The van der Waals surface area contributed by atoms with Crippen LogP contribution in [0.25, 0.3) is 0 Å². The number of nitrogens with zero attached hydrogens (tertiary/aromatic N) is 1. The van der Waals surface area contributed by atoms with Crippen molar-refractivity contribution in [3.8, 4) is 0 Å². The van der Waals surface area contributed by atoms with Gasteiger partial charge in [0, 0.05) is 19.6 Å². The normalized spacial score (nSPS) is 26.5. The third-order valence-electron chi connectivity index (χ3n) is 3.55. The lowest BCUT2D eigenvalue weighted by molar-refractivity contribution is -0.139. The highest BCUT2D eigenvalue weighted by atomic mass is 16.4. The fraction of sp³-hybridized carbons (Fsp3) is 0.909.